The van der Waals surface area contributed by atoms with E-state index >= 15 is 0 Å². The molecule has 10 heteroatoms. The van der Waals surface area contributed by atoms with E-state index in [1.807, 2.05) is 19.1 Å². The first-order valence-electron chi connectivity index (χ1n) is 8.86. The zero-order chi connectivity index (χ0) is 20.5. The third kappa shape index (κ3) is 4.51. The first kappa shape index (κ1) is 21.1. The van der Waals surface area contributed by atoms with Crippen LogP contribution in [-0.2, 0) is 14.8 Å². The van der Waals surface area contributed by atoms with Gasteiger partial charge in [-0.2, -0.15) is 4.31 Å². The number of amides is 1. The number of nitrogens with zero attached hydrogens (tertiary/aromatic N) is 2. The number of hydrogen-bond donors (Lipinski definition) is 1. The Kier molecular flexibility index (Phi) is 6.33. The lowest BCUT2D eigenvalue weighted by atomic mass is 10.1. The first-order chi connectivity index (χ1) is 13.2. The SMILES string of the molecule is Cc1ccc(SCC(=O)N2CCN(S(=O)(=O)c3sc(=O)[nH]c3C)CC2)cc1C. The van der Waals surface area contributed by atoms with Gasteiger partial charge in [-0.25, -0.2) is 8.42 Å². The maximum absolute atomic E-state index is 12.7. The number of carbonyl (C=O) groups is 1. The summed E-state index contributed by atoms with van der Waals surface area (Å²) >= 11 is 2.20. The molecule has 1 saturated heterocycles. The van der Waals surface area contributed by atoms with Crippen molar-refractivity contribution in [2.45, 2.75) is 29.9 Å². The van der Waals surface area contributed by atoms with Gasteiger partial charge in [0.25, 0.3) is 10.0 Å². The van der Waals surface area contributed by atoms with Crippen molar-refractivity contribution in [2.75, 3.05) is 31.9 Å². The Balaban J connectivity index is 1.57. The van der Waals surface area contributed by atoms with Crippen molar-refractivity contribution in [1.82, 2.24) is 14.2 Å². The molecule has 0 spiro atoms. The van der Waals surface area contributed by atoms with Crippen molar-refractivity contribution in [1.29, 1.82) is 0 Å². The number of hydrogen-bond acceptors (Lipinski definition) is 6. The van der Waals surface area contributed by atoms with E-state index < -0.39 is 10.0 Å². The van der Waals surface area contributed by atoms with Gasteiger partial charge >= 0.3 is 4.87 Å². The Labute approximate surface area is 172 Å². The predicted molar refractivity (Wildman–Crippen MR) is 112 cm³/mol. The second kappa shape index (κ2) is 8.40. The molecule has 2 aromatic rings. The summed E-state index contributed by atoms with van der Waals surface area (Å²) < 4.78 is 26.9. The van der Waals surface area contributed by atoms with Crippen LogP contribution >= 0.6 is 23.1 Å². The van der Waals surface area contributed by atoms with Crippen LogP contribution in [0.5, 0.6) is 0 Å². The molecule has 1 aromatic carbocycles. The molecular formula is C18H23N3O4S3. The van der Waals surface area contributed by atoms with Gasteiger partial charge in [0, 0.05) is 36.8 Å². The Hall–Kier alpha value is -1.62. The molecule has 0 unspecified atom stereocenters. The van der Waals surface area contributed by atoms with Gasteiger partial charge in [0.15, 0.2) is 4.21 Å². The second-order valence-corrected chi connectivity index (χ2v) is 10.9. The summed E-state index contributed by atoms with van der Waals surface area (Å²) in [5, 5.41) is 0. The monoisotopic (exact) mass is 441 g/mol. The average molecular weight is 442 g/mol. The Bertz CT molecular complexity index is 1030. The molecule has 0 bridgehead atoms. The van der Waals surface area contributed by atoms with Crippen LogP contribution < -0.4 is 4.87 Å². The topological polar surface area (TPSA) is 90.6 Å². The molecule has 0 radical (unpaired) electrons. The molecule has 0 atom stereocenters. The maximum Gasteiger partial charge on any atom is 0.305 e. The van der Waals surface area contributed by atoms with E-state index in [9.17, 15) is 18.0 Å². The van der Waals surface area contributed by atoms with Gasteiger partial charge in [-0.1, -0.05) is 17.4 Å². The molecule has 1 aliphatic rings. The number of aromatic amines is 1. The molecule has 0 aliphatic carbocycles. The first-order valence-corrected chi connectivity index (χ1v) is 12.1. The van der Waals surface area contributed by atoms with Crippen molar-refractivity contribution in [3.63, 3.8) is 0 Å². The predicted octanol–water partition coefficient (Wildman–Crippen LogP) is 1.99. The lowest BCUT2D eigenvalue weighted by Crippen LogP contribution is -2.50. The van der Waals surface area contributed by atoms with Crippen LogP contribution in [0.15, 0.2) is 32.1 Å². The Morgan fingerprint density at radius 3 is 2.39 bits per heavy atom. The molecule has 1 fully saturated rings. The van der Waals surface area contributed by atoms with Crippen molar-refractivity contribution >= 4 is 39.0 Å². The Morgan fingerprint density at radius 1 is 1.14 bits per heavy atom. The highest BCUT2D eigenvalue weighted by Crippen LogP contribution is 2.24. The highest BCUT2D eigenvalue weighted by atomic mass is 32.2. The van der Waals surface area contributed by atoms with Crippen molar-refractivity contribution in [3.8, 4) is 0 Å². The van der Waals surface area contributed by atoms with Crippen LogP contribution in [0.25, 0.3) is 0 Å². The second-order valence-electron chi connectivity index (χ2n) is 6.75. The molecule has 152 valence electrons. The number of nitrogens with one attached hydrogen (secondary N) is 1. The van der Waals surface area contributed by atoms with Crippen LogP contribution in [0.2, 0.25) is 0 Å². The number of piperazine rings is 1. The summed E-state index contributed by atoms with van der Waals surface area (Å²) in [6.45, 7) is 6.84. The molecule has 3 rings (SSSR count). The minimum Gasteiger partial charge on any atom is -0.339 e. The summed E-state index contributed by atoms with van der Waals surface area (Å²) in [5.41, 5.74) is 2.77. The summed E-state index contributed by atoms with van der Waals surface area (Å²) in [5.74, 6) is 0.330. The smallest absolute Gasteiger partial charge is 0.305 e. The summed E-state index contributed by atoms with van der Waals surface area (Å²) in [7, 11) is -3.71. The summed E-state index contributed by atoms with van der Waals surface area (Å²) in [6, 6.07) is 6.13. The fourth-order valence-electron chi connectivity index (χ4n) is 2.97. The molecule has 2 heterocycles. The molecular weight excluding hydrogens is 418 g/mol. The maximum atomic E-state index is 12.7. The van der Waals surface area contributed by atoms with Gasteiger partial charge in [0.1, 0.15) is 0 Å². The van der Waals surface area contributed by atoms with Crippen LogP contribution in [0.3, 0.4) is 0 Å². The zero-order valence-electron chi connectivity index (χ0n) is 16.0. The van der Waals surface area contributed by atoms with Crippen molar-refractivity contribution in [2.24, 2.45) is 0 Å². The van der Waals surface area contributed by atoms with Gasteiger partial charge in [0.2, 0.25) is 5.91 Å². The number of sulfonamides is 1. The van der Waals surface area contributed by atoms with E-state index in [-0.39, 0.29) is 28.1 Å². The number of aromatic nitrogens is 1. The Morgan fingerprint density at radius 2 is 1.82 bits per heavy atom. The van der Waals surface area contributed by atoms with Gasteiger partial charge in [-0.15, -0.1) is 11.8 Å². The number of aryl methyl sites for hydroxylation is 3. The zero-order valence-corrected chi connectivity index (χ0v) is 18.5. The molecule has 1 N–H and O–H groups in total. The lowest BCUT2D eigenvalue weighted by molar-refractivity contribution is -0.129. The highest BCUT2D eigenvalue weighted by molar-refractivity contribution is 8.00. The number of thioether (sulfide) groups is 1. The summed E-state index contributed by atoms with van der Waals surface area (Å²) in [4.78, 5) is 28.8. The van der Waals surface area contributed by atoms with Gasteiger partial charge in [0.05, 0.1) is 5.75 Å². The normalized spacial score (nSPS) is 15.8. The van der Waals surface area contributed by atoms with Crippen LogP contribution in [-0.4, -0.2) is 60.4 Å². The number of rotatable bonds is 5. The highest BCUT2D eigenvalue weighted by Gasteiger charge is 2.32. The van der Waals surface area contributed by atoms with Gasteiger partial charge in [-0.3, -0.25) is 9.59 Å². The largest absolute Gasteiger partial charge is 0.339 e. The molecule has 1 aromatic heterocycles. The summed E-state index contributed by atoms with van der Waals surface area (Å²) in [6.07, 6.45) is 0. The van der Waals surface area contributed by atoms with E-state index in [1.165, 1.54) is 27.2 Å². The van der Waals surface area contributed by atoms with E-state index in [4.69, 9.17) is 0 Å². The van der Waals surface area contributed by atoms with E-state index in [0.29, 0.717) is 35.9 Å². The number of H-pyrrole nitrogens is 1. The minimum atomic E-state index is -3.71. The average Bonchev–Trinajstić information content (AvgIpc) is 3.01. The van der Waals surface area contributed by atoms with Crippen LogP contribution in [0.1, 0.15) is 16.8 Å². The van der Waals surface area contributed by atoms with Gasteiger partial charge < -0.3 is 9.88 Å². The number of carbonyl (C=O) groups excluding carboxylic acids is 1. The van der Waals surface area contributed by atoms with Crippen LogP contribution in [0, 0.1) is 20.8 Å². The molecule has 1 amide bonds. The molecule has 0 saturated carbocycles. The fraction of sp³-hybridized carbons (Fsp3) is 0.444. The van der Waals surface area contributed by atoms with E-state index in [1.54, 1.807) is 11.8 Å². The van der Waals surface area contributed by atoms with Crippen molar-refractivity contribution in [3.05, 3.63) is 44.7 Å². The quantitative estimate of drug-likeness (QED) is 0.717. The molecule has 28 heavy (non-hydrogen) atoms. The van der Waals surface area contributed by atoms with Gasteiger partial charge in [-0.05, 0) is 44.0 Å². The van der Waals surface area contributed by atoms with E-state index in [0.717, 1.165) is 4.90 Å². The van der Waals surface area contributed by atoms with Crippen molar-refractivity contribution < 1.29 is 13.2 Å². The third-order valence-corrected chi connectivity index (χ3v) is 9.25. The fourth-order valence-corrected chi connectivity index (χ4v) is 6.73. The van der Waals surface area contributed by atoms with Crippen LogP contribution in [0.4, 0.5) is 0 Å². The molecule has 1 aliphatic heterocycles. The standard InChI is InChI=1S/C18H23N3O4S3/c1-12-4-5-15(10-13(12)2)26-11-16(22)20-6-8-21(9-7-20)28(24,25)17-14(3)19-18(23)27-17/h4-5,10H,6-9,11H2,1-3H3,(H,19,23). The minimum absolute atomic E-state index is 0.00255. The number of benzene rings is 1. The molecule has 7 nitrogen and oxygen atoms in total. The van der Waals surface area contributed by atoms with E-state index in [2.05, 4.69) is 18.0 Å². The lowest BCUT2D eigenvalue weighted by Gasteiger charge is -2.33. The number of thiazole rings is 1. The third-order valence-electron chi connectivity index (χ3n) is 4.79.